The van der Waals surface area contributed by atoms with Crippen molar-refractivity contribution in [1.29, 1.82) is 0 Å². The van der Waals surface area contributed by atoms with Crippen molar-refractivity contribution >= 4 is 10.0 Å². The van der Waals surface area contributed by atoms with Crippen molar-refractivity contribution in [3.05, 3.63) is 35.6 Å². The Kier molecular flexibility index (Phi) is 6.58. The molecule has 1 N–H and O–H groups in total. The Labute approximate surface area is 121 Å². The minimum absolute atomic E-state index is 0.0930. The van der Waals surface area contributed by atoms with E-state index in [0.29, 0.717) is 31.6 Å². The highest BCUT2D eigenvalue weighted by molar-refractivity contribution is 7.88. The molecule has 0 aromatic heterocycles. The predicted molar refractivity (Wildman–Crippen MR) is 79.5 cm³/mol. The second kappa shape index (κ2) is 7.71. The Morgan fingerprint density at radius 2 is 2.00 bits per heavy atom. The van der Waals surface area contributed by atoms with Gasteiger partial charge in [0.25, 0.3) is 0 Å². The van der Waals surface area contributed by atoms with Crippen molar-refractivity contribution in [2.75, 3.05) is 25.9 Å². The number of hydrogen-bond donors (Lipinski definition) is 1. The molecule has 0 bridgehead atoms. The number of nitrogens with zero attached hydrogens (tertiary/aromatic N) is 1. The van der Waals surface area contributed by atoms with Gasteiger partial charge >= 0.3 is 0 Å². The van der Waals surface area contributed by atoms with Gasteiger partial charge < -0.3 is 5.32 Å². The minimum atomic E-state index is -3.13. The van der Waals surface area contributed by atoms with E-state index in [1.807, 2.05) is 13.8 Å². The standard InChI is InChI=1S/C14H23FN2O2S/c1-4-17(20(3,18)19)11-7-10-16-12(2)13-8-5-6-9-14(13)15/h5-6,8-9,12,16H,4,7,10-11H2,1-3H3. The molecule has 114 valence electrons. The van der Waals surface area contributed by atoms with Crippen molar-refractivity contribution in [1.82, 2.24) is 9.62 Å². The smallest absolute Gasteiger partial charge is 0.211 e. The van der Waals surface area contributed by atoms with Gasteiger partial charge in [-0.25, -0.2) is 17.1 Å². The van der Waals surface area contributed by atoms with Crippen LogP contribution in [-0.2, 0) is 10.0 Å². The third-order valence-electron chi connectivity index (χ3n) is 3.23. The summed E-state index contributed by atoms with van der Waals surface area (Å²) in [4.78, 5) is 0. The van der Waals surface area contributed by atoms with Gasteiger partial charge in [-0.3, -0.25) is 0 Å². The van der Waals surface area contributed by atoms with Crippen LogP contribution in [0.15, 0.2) is 24.3 Å². The van der Waals surface area contributed by atoms with Crippen LogP contribution in [-0.4, -0.2) is 38.6 Å². The van der Waals surface area contributed by atoms with Gasteiger partial charge in [0.1, 0.15) is 5.82 Å². The molecule has 1 unspecified atom stereocenters. The van der Waals surface area contributed by atoms with E-state index < -0.39 is 10.0 Å². The fraction of sp³-hybridized carbons (Fsp3) is 0.571. The zero-order valence-electron chi connectivity index (χ0n) is 12.3. The second-order valence-corrected chi connectivity index (χ2v) is 6.79. The lowest BCUT2D eigenvalue weighted by Crippen LogP contribution is -2.32. The summed E-state index contributed by atoms with van der Waals surface area (Å²) < 4.78 is 37.8. The number of nitrogens with one attached hydrogen (secondary N) is 1. The van der Waals surface area contributed by atoms with E-state index in [4.69, 9.17) is 0 Å². The van der Waals surface area contributed by atoms with E-state index in [1.165, 1.54) is 16.6 Å². The maximum atomic E-state index is 13.6. The second-order valence-electron chi connectivity index (χ2n) is 4.81. The Morgan fingerprint density at radius 1 is 1.35 bits per heavy atom. The van der Waals surface area contributed by atoms with Gasteiger partial charge in [-0.05, 0) is 26.0 Å². The summed E-state index contributed by atoms with van der Waals surface area (Å²) in [6.45, 7) is 5.30. The molecule has 6 heteroatoms. The van der Waals surface area contributed by atoms with E-state index in [9.17, 15) is 12.8 Å². The van der Waals surface area contributed by atoms with Gasteiger partial charge in [-0.2, -0.15) is 0 Å². The van der Waals surface area contributed by atoms with E-state index in [1.54, 1.807) is 18.2 Å². The highest BCUT2D eigenvalue weighted by Crippen LogP contribution is 2.15. The Bertz CT molecular complexity index is 520. The molecule has 20 heavy (non-hydrogen) atoms. The first-order chi connectivity index (χ1) is 9.36. The van der Waals surface area contributed by atoms with Crippen molar-refractivity contribution < 1.29 is 12.8 Å². The van der Waals surface area contributed by atoms with Gasteiger partial charge in [0.2, 0.25) is 10.0 Å². The third-order valence-corrected chi connectivity index (χ3v) is 4.61. The molecule has 1 atom stereocenters. The van der Waals surface area contributed by atoms with Gasteiger partial charge in [0.15, 0.2) is 0 Å². The van der Waals surface area contributed by atoms with Crippen LogP contribution in [0.1, 0.15) is 31.9 Å². The van der Waals surface area contributed by atoms with Crippen LogP contribution in [0.3, 0.4) is 0 Å². The summed E-state index contributed by atoms with van der Waals surface area (Å²) in [5.74, 6) is -0.223. The fourth-order valence-corrected chi connectivity index (χ4v) is 3.00. The van der Waals surface area contributed by atoms with Crippen LogP contribution in [0, 0.1) is 5.82 Å². The summed E-state index contributed by atoms with van der Waals surface area (Å²) >= 11 is 0. The maximum Gasteiger partial charge on any atom is 0.211 e. The monoisotopic (exact) mass is 302 g/mol. The summed E-state index contributed by atoms with van der Waals surface area (Å²) in [6.07, 6.45) is 1.91. The van der Waals surface area contributed by atoms with E-state index >= 15 is 0 Å². The molecule has 1 aromatic carbocycles. The molecule has 0 radical (unpaired) electrons. The topological polar surface area (TPSA) is 49.4 Å². The minimum Gasteiger partial charge on any atom is -0.310 e. The normalized spacial score (nSPS) is 13.7. The molecule has 4 nitrogen and oxygen atoms in total. The van der Waals surface area contributed by atoms with E-state index in [0.717, 1.165) is 0 Å². The zero-order chi connectivity index (χ0) is 15.2. The van der Waals surface area contributed by atoms with Crippen molar-refractivity contribution in [2.24, 2.45) is 0 Å². The van der Waals surface area contributed by atoms with Crippen LogP contribution >= 0.6 is 0 Å². The van der Waals surface area contributed by atoms with Crippen LogP contribution in [0.5, 0.6) is 0 Å². The number of sulfonamides is 1. The zero-order valence-corrected chi connectivity index (χ0v) is 13.1. The fourth-order valence-electron chi connectivity index (χ4n) is 2.07. The first-order valence-corrected chi connectivity index (χ1v) is 8.64. The highest BCUT2D eigenvalue weighted by atomic mass is 32.2. The number of benzene rings is 1. The summed E-state index contributed by atoms with van der Waals surface area (Å²) in [7, 11) is -3.13. The van der Waals surface area contributed by atoms with E-state index in [2.05, 4.69) is 5.32 Å². The molecule has 0 aliphatic heterocycles. The van der Waals surface area contributed by atoms with Gasteiger partial charge in [0.05, 0.1) is 6.26 Å². The van der Waals surface area contributed by atoms with Gasteiger partial charge in [-0.15, -0.1) is 0 Å². The van der Waals surface area contributed by atoms with Crippen LogP contribution in [0.4, 0.5) is 4.39 Å². The van der Waals surface area contributed by atoms with E-state index in [-0.39, 0.29) is 11.9 Å². The molecule has 1 aromatic rings. The molecule has 0 saturated heterocycles. The first kappa shape index (κ1) is 17.1. The molecule has 0 aliphatic rings. The van der Waals surface area contributed by atoms with Crippen molar-refractivity contribution in [3.8, 4) is 0 Å². The Morgan fingerprint density at radius 3 is 2.55 bits per heavy atom. The largest absolute Gasteiger partial charge is 0.310 e. The van der Waals surface area contributed by atoms with Gasteiger partial charge in [-0.1, -0.05) is 25.1 Å². The average molecular weight is 302 g/mol. The summed E-state index contributed by atoms with van der Waals surface area (Å²) in [5.41, 5.74) is 0.628. The van der Waals surface area contributed by atoms with Crippen LogP contribution < -0.4 is 5.32 Å². The number of halogens is 1. The van der Waals surface area contributed by atoms with Crippen LogP contribution in [0.2, 0.25) is 0 Å². The lowest BCUT2D eigenvalue weighted by atomic mass is 10.1. The summed E-state index contributed by atoms with van der Waals surface area (Å²) in [6, 6.07) is 6.57. The predicted octanol–water partition coefficient (Wildman–Crippen LogP) is 2.15. The highest BCUT2D eigenvalue weighted by Gasteiger charge is 2.14. The molecular weight excluding hydrogens is 279 g/mol. The number of rotatable bonds is 8. The van der Waals surface area contributed by atoms with Crippen LogP contribution in [0.25, 0.3) is 0 Å². The van der Waals surface area contributed by atoms with Crippen molar-refractivity contribution in [2.45, 2.75) is 26.3 Å². The molecular formula is C14H23FN2O2S. The molecule has 0 amide bonds. The quantitative estimate of drug-likeness (QED) is 0.749. The van der Waals surface area contributed by atoms with Crippen molar-refractivity contribution in [3.63, 3.8) is 0 Å². The Balaban J connectivity index is 2.40. The molecule has 0 saturated carbocycles. The molecule has 0 fully saturated rings. The van der Waals surface area contributed by atoms with Gasteiger partial charge in [0, 0.05) is 24.7 Å². The molecule has 0 heterocycles. The molecule has 1 rings (SSSR count). The third kappa shape index (κ3) is 5.19. The molecule has 0 spiro atoms. The molecule has 0 aliphatic carbocycles. The lowest BCUT2D eigenvalue weighted by molar-refractivity contribution is 0.412. The maximum absolute atomic E-state index is 13.6. The average Bonchev–Trinajstić information content (AvgIpc) is 2.37. The number of hydrogen-bond acceptors (Lipinski definition) is 3. The SMILES string of the molecule is CCN(CCCNC(C)c1ccccc1F)S(C)(=O)=O. The first-order valence-electron chi connectivity index (χ1n) is 6.79. The lowest BCUT2D eigenvalue weighted by Gasteiger charge is -2.19. The Hall–Kier alpha value is -0.980. The summed E-state index contributed by atoms with van der Waals surface area (Å²) in [5, 5.41) is 3.21.